The molecule has 0 aromatic heterocycles. The monoisotopic (exact) mass is 270 g/mol. The van der Waals surface area contributed by atoms with Crippen molar-refractivity contribution in [2.75, 3.05) is 59.7 Å². The van der Waals surface area contributed by atoms with Crippen LogP contribution in [0.15, 0.2) is 0 Å². The van der Waals surface area contributed by atoms with Crippen LogP contribution in [0.25, 0.3) is 0 Å². The lowest BCUT2D eigenvalue weighted by Crippen LogP contribution is -2.38. The normalized spacial score (nSPS) is 24.6. The van der Waals surface area contributed by atoms with Crippen LogP contribution in [0.1, 0.15) is 19.3 Å². The molecule has 0 N–H and O–H groups in total. The Morgan fingerprint density at radius 1 is 1.26 bits per heavy atom. The fraction of sp³-hybridized carbons (Fsp3) is 0.929. The number of hydrogen-bond donors (Lipinski definition) is 0. The third-order valence-electron chi connectivity index (χ3n) is 3.98. The summed E-state index contributed by atoms with van der Waals surface area (Å²) in [5.74, 6) is 0.701. The van der Waals surface area contributed by atoms with Crippen molar-refractivity contribution >= 4 is 5.91 Å². The fourth-order valence-electron chi connectivity index (χ4n) is 2.63. The molecule has 2 heterocycles. The van der Waals surface area contributed by atoms with Crippen molar-refractivity contribution in [3.63, 3.8) is 0 Å². The first-order valence-electron chi connectivity index (χ1n) is 7.37. The molecule has 0 aromatic rings. The molecule has 1 atom stereocenters. The number of morpholine rings is 1. The second-order valence-electron chi connectivity index (χ2n) is 5.56. The minimum atomic E-state index is 0.262. The van der Waals surface area contributed by atoms with Gasteiger partial charge in [-0.1, -0.05) is 0 Å². The Labute approximate surface area is 115 Å². The number of nitrogens with zero attached hydrogens (tertiary/aromatic N) is 2. The summed E-state index contributed by atoms with van der Waals surface area (Å²) in [7, 11) is 1.91. The number of carbonyl (C=O) groups excluding carboxylic acids is 1. The fourth-order valence-corrected chi connectivity index (χ4v) is 2.63. The molecule has 0 spiro atoms. The molecule has 0 aliphatic carbocycles. The molecular weight excluding hydrogens is 244 g/mol. The molecule has 2 rings (SSSR count). The van der Waals surface area contributed by atoms with E-state index in [1.807, 2.05) is 11.9 Å². The number of rotatable bonds is 6. The van der Waals surface area contributed by atoms with Gasteiger partial charge in [0.05, 0.1) is 13.2 Å². The average Bonchev–Trinajstić information content (AvgIpc) is 2.92. The summed E-state index contributed by atoms with van der Waals surface area (Å²) in [6, 6.07) is 0. The van der Waals surface area contributed by atoms with Crippen LogP contribution >= 0.6 is 0 Å². The zero-order valence-electron chi connectivity index (χ0n) is 12.0. The Balaban J connectivity index is 1.57. The summed E-state index contributed by atoms with van der Waals surface area (Å²) in [5, 5.41) is 0. The first-order valence-corrected chi connectivity index (χ1v) is 7.37. The van der Waals surface area contributed by atoms with E-state index in [0.29, 0.717) is 12.3 Å². The highest BCUT2D eigenvalue weighted by molar-refractivity contribution is 5.76. The van der Waals surface area contributed by atoms with Gasteiger partial charge in [-0.25, -0.2) is 0 Å². The highest BCUT2D eigenvalue weighted by Gasteiger charge is 2.21. The van der Waals surface area contributed by atoms with Crippen LogP contribution in [-0.2, 0) is 14.3 Å². The summed E-state index contributed by atoms with van der Waals surface area (Å²) in [5.41, 5.74) is 0. The predicted molar refractivity (Wildman–Crippen MR) is 73.1 cm³/mol. The highest BCUT2D eigenvalue weighted by atomic mass is 16.5. The van der Waals surface area contributed by atoms with Crippen molar-refractivity contribution in [2.24, 2.45) is 5.92 Å². The van der Waals surface area contributed by atoms with E-state index in [4.69, 9.17) is 9.47 Å². The van der Waals surface area contributed by atoms with E-state index in [2.05, 4.69) is 4.90 Å². The lowest BCUT2D eigenvalue weighted by atomic mass is 10.0. The Morgan fingerprint density at radius 3 is 2.74 bits per heavy atom. The molecule has 1 amide bonds. The molecule has 0 unspecified atom stereocenters. The van der Waals surface area contributed by atoms with Crippen molar-refractivity contribution in [2.45, 2.75) is 19.3 Å². The number of ether oxygens (including phenoxy) is 2. The third kappa shape index (κ3) is 5.09. The maximum Gasteiger partial charge on any atom is 0.222 e. The van der Waals surface area contributed by atoms with E-state index in [0.717, 1.165) is 65.4 Å². The van der Waals surface area contributed by atoms with Gasteiger partial charge in [0.15, 0.2) is 0 Å². The zero-order valence-corrected chi connectivity index (χ0v) is 12.0. The van der Waals surface area contributed by atoms with Gasteiger partial charge in [0.1, 0.15) is 0 Å². The summed E-state index contributed by atoms with van der Waals surface area (Å²) < 4.78 is 10.6. The minimum Gasteiger partial charge on any atom is -0.381 e. The Kier molecular flexibility index (Phi) is 6.07. The van der Waals surface area contributed by atoms with Gasteiger partial charge >= 0.3 is 0 Å². The van der Waals surface area contributed by atoms with Crippen LogP contribution in [0.4, 0.5) is 0 Å². The van der Waals surface area contributed by atoms with Crippen LogP contribution in [0.3, 0.4) is 0 Å². The van der Waals surface area contributed by atoms with Gasteiger partial charge in [-0.05, 0) is 18.8 Å². The lowest BCUT2D eigenvalue weighted by Gasteiger charge is -2.27. The summed E-state index contributed by atoms with van der Waals surface area (Å²) in [6.07, 6.45) is 2.73. The van der Waals surface area contributed by atoms with Crippen molar-refractivity contribution in [3.05, 3.63) is 0 Å². The summed E-state index contributed by atoms with van der Waals surface area (Å²) in [6.45, 7) is 7.23. The van der Waals surface area contributed by atoms with E-state index in [1.54, 1.807) is 0 Å². The standard InChI is InChI=1S/C14H26N2O3/c1-15(14(17)11-13-3-8-19-12-13)4-2-5-16-6-9-18-10-7-16/h13H,2-12H2,1H3/t13-/m0/s1. The maximum absolute atomic E-state index is 12.0. The summed E-state index contributed by atoms with van der Waals surface area (Å²) >= 11 is 0. The van der Waals surface area contributed by atoms with Gasteiger partial charge in [-0.3, -0.25) is 9.69 Å². The van der Waals surface area contributed by atoms with Gasteiger partial charge in [-0.15, -0.1) is 0 Å². The first kappa shape index (κ1) is 14.8. The van der Waals surface area contributed by atoms with E-state index >= 15 is 0 Å². The molecular formula is C14H26N2O3. The van der Waals surface area contributed by atoms with Crippen LogP contribution in [-0.4, -0.2) is 75.4 Å². The molecule has 2 fully saturated rings. The molecule has 19 heavy (non-hydrogen) atoms. The van der Waals surface area contributed by atoms with Gasteiger partial charge in [-0.2, -0.15) is 0 Å². The van der Waals surface area contributed by atoms with Crippen LogP contribution in [0, 0.1) is 5.92 Å². The second-order valence-corrected chi connectivity index (χ2v) is 5.56. The Hall–Kier alpha value is -0.650. The van der Waals surface area contributed by atoms with Crippen molar-refractivity contribution < 1.29 is 14.3 Å². The van der Waals surface area contributed by atoms with Crippen LogP contribution in [0.2, 0.25) is 0 Å². The highest BCUT2D eigenvalue weighted by Crippen LogP contribution is 2.17. The van der Waals surface area contributed by atoms with Crippen molar-refractivity contribution in [3.8, 4) is 0 Å². The van der Waals surface area contributed by atoms with E-state index in [1.165, 1.54) is 0 Å². The van der Waals surface area contributed by atoms with E-state index in [-0.39, 0.29) is 5.91 Å². The van der Waals surface area contributed by atoms with E-state index in [9.17, 15) is 4.79 Å². The molecule has 2 saturated heterocycles. The second kappa shape index (κ2) is 7.82. The smallest absolute Gasteiger partial charge is 0.222 e. The minimum absolute atomic E-state index is 0.262. The van der Waals surface area contributed by atoms with Gasteiger partial charge in [0.2, 0.25) is 5.91 Å². The quantitative estimate of drug-likeness (QED) is 0.708. The molecule has 110 valence electrons. The topological polar surface area (TPSA) is 42.0 Å². The van der Waals surface area contributed by atoms with Crippen molar-refractivity contribution in [1.82, 2.24) is 9.80 Å². The number of hydrogen-bond acceptors (Lipinski definition) is 4. The maximum atomic E-state index is 12.0. The molecule has 2 aliphatic heterocycles. The van der Waals surface area contributed by atoms with Crippen LogP contribution < -0.4 is 0 Å². The van der Waals surface area contributed by atoms with Crippen LogP contribution in [0.5, 0.6) is 0 Å². The number of carbonyl (C=O) groups is 1. The summed E-state index contributed by atoms with van der Waals surface area (Å²) in [4.78, 5) is 16.3. The molecule has 0 bridgehead atoms. The van der Waals surface area contributed by atoms with Gasteiger partial charge in [0, 0.05) is 52.9 Å². The van der Waals surface area contributed by atoms with Gasteiger partial charge < -0.3 is 14.4 Å². The van der Waals surface area contributed by atoms with Crippen molar-refractivity contribution in [1.29, 1.82) is 0 Å². The number of amides is 1. The lowest BCUT2D eigenvalue weighted by molar-refractivity contribution is -0.131. The molecule has 2 aliphatic rings. The molecule has 0 radical (unpaired) electrons. The largest absolute Gasteiger partial charge is 0.381 e. The third-order valence-corrected chi connectivity index (χ3v) is 3.98. The predicted octanol–water partition coefficient (Wildman–Crippen LogP) is 0.594. The molecule has 5 nitrogen and oxygen atoms in total. The Bertz CT molecular complexity index is 274. The van der Waals surface area contributed by atoms with Gasteiger partial charge in [0.25, 0.3) is 0 Å². The first-order chi connectivity index (χ1) is 9.25. The van der Waals surface area contributed by atoms with E-state index < -0.39 is 0 Å². The molecule has 0 aromatic carbocycles. The SMILES string of the molecule is CN(CCCN1CCOCC1)C(=O)C[C@@H]1CCOC1. The zero-order chi connectivity index (χ0) is 13.5. The Morgan fingerprint density at radius 2 is 2.05 bits per heavy atom. The molecule has 5 heteroatoms. The molecule has 0 saturated carbocycles. The average molecular weight is 270 g/mol.